The quantitative estimate of drug-likeness (QED) is 0.555. The van der Waals surface area contributed by atoms with Crippen LogP contribution >= 0.6 is 11.6 Å². The molecule has 2 aromatic carbocycles. The topological polar surface area (TPSA) is 42.0 Å². The summed E-state index contributed by atoms with van der Waals surface area (Å²) in [6.45, 7) is 0. The van der Waals surface area contributed by atoms with E-state index in [1.165, 1.54) is 18.3 Å². The van der Waals surface area contributed by atoms with Crippen LogP contribution in [0.2, 0.25) is 5.02 Å². The number of alkyl halides is 2. The van der Waals surface area contributed by atoms with Crippen LogP contribution in [0.25, 0.3) is 11.1 Å². The lowest BCUT2D eigenvalue weighted by atomic mass is 10.0. The number of hydrogen-bond acceptors (Lipinski definition) is 2. The van der Waals surface area contributed by atoms with Gasteiger partial charge < -0.3 is 5.32 Å². The number of halogens is 5. The Bertz CT molecular complexity index is 1100. The first-order chi connectivity index (χ1) is 13.7. The van der Waals surface area contributed by atoms with Gasteiger partial charge in [0.25, 0.3) is 11.8 Å². The van der Waals surface area contributed by atoms with E-state index in [1.807, 2.05) is 0 Å². The van der Waals surface area contributed by atoms with Crippen molar-refractivity contribution < 1.29 is 22.4 Å². The van der Waals surface area contributed by atoms with E-state index >= 15 is 0 Å². The molecule has 1 amide bonds. The van der Waals surface area contributed by atoms with E-state index in [-0.39, 0.29) is 18.7 Å². The Morgan fingerprint density at radius 2 is 1.69 bits per heavy atom. The van der Waals surface area contributed by atoms with Crippen LogP contribution in [0.3, 0.4) is 0 Å². The number of hydrogen-bond donors (Lipinski definition) is 1. The molecule has 148 valence electrons. The number of carbonyl (C=O) groups excluding carboxylic acids is 1. The molecular formula is C21H13ClF4N2O. The summed E-state index contributed by atoms with van der Waals surface area (Å²) < 4.78 is 54.7. The van der Waals surface area contributed by atoms with Crippen LogP contribution in [0.4, 0.5) is 23.4 Å². The van der Waals surface area contributed by atoms with Gasteiger partial charge in [-0.3, -0.25) is 4.79 Å². The normalized spacial score (nSPS) is 14.5. The molecule has 3 nitrogen and oxygen atoms in total. The van der Waals surface area contributed by atoms with Gasteiger partial charge in [0.1, 0.15) is 23.0 Å². The van der Waals surface area contributed by atoms with Crippen molar-refractivity contribution in [3.05, 3.63) is 82.0 Å². The molecule has 1 aromatic heterocycles. The van der Waals surface area contributed by atoms with E-state index in [2.05, 4.69) is 10.3 Å². The lowest BCUT2D eigenvalue weighted by Crippen LogP contribution is -2.16. The fourth-order valence-corrected chi connectivity index (χ4v) is 3.65. The largest absolute Gasteiger partial charge is 0.306 e. The molecule has 0 spiro atoms. The number of nitrogens with zero attached hydrogens (tertiary/aromatic N) is 1. The highest BCUT2D eigenvalue weighted by molar-refractivity contribution is 6.33. The number of pyridine rings is 1. The minimum atomic E-state index is -2.78. The second-order valence-electron chi connectivity index (χ2n) is 6.79. The smallest absolute Gasteiger partial charge is 0.262 e. The Kier molecular flexibility index (Phi) is 4.78. The summed E-state index contributed by atoms with van der Waals surface area (Å²) >= 11 is 6.25. The zero-order valence-electron chi connectivity index (χ0n) is 14.8. The average Bonchev–Trinajstić information content (AvgIpc) is 2.94. The first kappa shape index (κ1) is 19.4. The average molecular weight is 421 g/mol. The number of benzene rings is 2. The van der Waals surface area contributed by atoms with Gasteiger partial charge in [-0.1, -0.05) is 17.7 Å². The first-order valence-corrected chi connectivity index (χ1v) is 9.02. The predicted molar refractivity (Wildman–Crippen MR) is 101 cm³/mol. The molecule has 8 heteroatoms. The summed E-state index contributed by atoms with van der Waals surface area (Å²) in [4.78, 5) is 16.2. The van der Waals surface area contributed by atoms with Gasteiger partial charge >= 0.3 is 0 Å². The van der Waals surface area contributed by atoms with Crippen molar-refractivity contribution in [2.75, 3.05) is 5.32 Å². The molecule has 4 rings (SSSR count). The van der Waals surface area contributed by atoms with E-state index in [0.717, 1.165) is 18.2 Å². The molecule has 3 aromatic rings. The van der Waals surface area contributed by atoms with Crippen molar-refractivity contribution in [2.45, 2.75) is 18.8 Å². The number of rotatable bonds is 3. The Labute approximate surface area is 168 Å². The van der Waals surface area contributed by atoms with Crippen molar-refractivity contribution in [3.8, 4) is 11.1 Å². The van der Waals surface area contributed by atoms with Crippen molar-refractivity contribution in [1.29, 1.82) is 0 Å². The number of anilines is 1. The second kappa shape index (κ2) is 7.15. The van der Waals surface area contributed by atoms with E-state index < -0.39 is 29.0 Å². The summed E-state index contributed by atoms with van der Waals surface area (Å²) in [5.41, 5.74) is 1.44. The Morgan fingerprint density at radius 3 is 2.31 bits per heavy atom. The van der Waals surface area contributed by atoms with Crippen molar-refractivity contribution in [3.63, 3.8) is 0 Å². The monoisotopic (exact) mass is 420 g/mol. The number of fused-ring (bicyclic) bond motifs is 1. The lowest BCUT2D eigenvalue weighted by Gasteiger charge is -2.10. The van der Waals surface area contributed by atoms with Gasteiger partial charge in [0.05, 0.1) is 0 Å². The maximum absolute atomic E-state index is 13.7. The van der Waals surface area contributed by atoms with Gasteiger partial charge in [0, 0.05) is 35.2 Å². The summed E-state index contributed by atoms with van der Waals surface area (Å²) in [5.74, 6) is -5.65. The highest BCUT2D eigenvalue weighted by atomic mass is 35.5. The van der Waals surface area contributed by atoms with Gasteiger partial charge in [-0.25, -0.2) is 22.5 Å². The van der Waals surface area contributed by atoms with Crippen LogP contribution in [-0.2, 0) is 12.8 Å². The fraction of sp³-hybridized carbons (Fsp3) is 0.143. The molecule has 0 atom stereocenters. The van der Waals surface area contributed by atoms with Crippen LogP contribution in [0.15, 0.2) is 48.7 Å². The van der Waals surface area contributed by atoms with Gasteiger partial charge in [0.2, 0.25) is 0 Å². The predicted octanol–water partition coefficient (Wildman–Crippen LogP) is 5.67. The Balaban J connectivity index is 1.57. The van der Waals surface area contributed by atoms with Gasteiger partial charge in [-0.15, -0.1) is 0 Å². The van der Waals surface area contributed by atoms with E-state index in [4.69, 9.17) is 11.6 Å². The maximum Gasteiger partial charge on any atom is 0.262 e. The third kappa shape index (κ3) is 3.82. The maximum atomic E-state index is 13.7. The minimum absolute atomic E-state index is 0.0743. The Hall–Kier alpha value is -2.93. The van der Waals surface area contributed by atoms with Crippen molar-refractivity contribution in [1.82, 2.24) is 4.98 Å². The molecule has 1 aliphatic carbocycles. The highest BCUT2D eigenvalue weighted by Gasteiger charge is 2.37. The van der Waals surface area contributed by atoms with E-state index in [9.17, 15) is 22.4 Å². The van der Waals surface area contributed by atoms with Crippen LogP contribution in [-0.4, -0.2) is 16.8 Å². The Morgan fingerprint density at radius 1 is 1.03 bits per heavy atom. The molecule has 29 heavy (non-hydrogen) atoms. The standard InChI is InChI=1S/C21H13ClF4N2O/c22-15-7-13-9-21(25,26)8-12(13)6-14(15)11-4-5-18(27-10-11)28-20(29)19-16(23)2-1-3-17(19)24/h1-7,10H,8-9H2,(H,27,28,29). The molecule has 0 aliphatic heterocycles. The molecule has 1 heterocycles. The molecule has 1 N–H and O–H groups in total. The van der Waals surface area contributed by atoms with Crippen LogP contribution in [0.5, 0.6) is 0 Å². The van der Waals surface area contributed by atoms with Crippen LogP contribution < -0.4 is 5.32 Å². The minimum Gasteiger partial charge on any atom is -0.306 e. The number of aromatic nitrogens is 1. The summed E-state index contributed by atoms with van der Waals surface area (Å²) in [7, 11) is 0. The molecule has 1 aliphatic rings. The lowest BCUT2D eigenvalue weighted by molar-refractivity contribution is 0.0130. The number of carbonyl (C=O) groups is 1. The van der Waals surface area contributed by atoms with Crippen LogP contribution in [0.1, 0.15) is 21.5 Å². The number of nitrogens with one attached hydrogen (secondary N) is 1. The zero-order chi connectivity index (χ0) is 20.8. The molecule has 0 saturated heterocycles. The summed E-state index contributed by atoms with van der Waals surface area (Å²) in [6, 6.07) is 9.28. The van der Waals surface area contributed by atoms with E-state index in [0.29, 0.717) is 27.3 Å². The highest BCUT2D eigenvalue weighted by Crippen LogP contribution is 2.39. The van der Waals surface area contributed by atoms with Crippen molar-refractivity contribution >= 4 is 23.3 Å². The molecule has 0 saturated carbocycles. The first-order valence-electron chi connectivity index (χ1n) is 8.64. The third-order valence-corrected chi connectivity index (χ3v) is 5.01. The summed E-state index contributed by atoms with van der Waals surface area (Å²) in [5, 5.41) is 2.64. The summed E-state index contributed by atoms with van der Waals surface area (Å²) in [6.07, 6.45) is 0.717. The van der Waals surface area contributed by atoms with Gasteiger partial charge in [-0.05, 0) is 47.5 Å². The molecule has 0 fully saturated rings. The zero-order valence-corrected chi connectivity index (χ0v) is 15.5. The third-order valence-electron chi connectivity index (χ3n) is 4.69. The van der Waals surface area contributed by atoms with Crippen molar-refractivity contribution in [2.24, 2.45) is 0 Å². The molecular weight excluding hydrogens is 408 g/mol. The fourth-order valence-electron chi connectivity index (χ4n) is 3.35. The second-order valence-corrected chi connectivity index (χ2v) is 7.20. The molecule has 0 bridgehead atoms. The number of amides is 1. The van der Waals surface area contributed by atoms with E-state index in [1.54, 1.807) is 12.1 Å². The molecule has 0 unspecified atom stereocenters. The SMILES string of the molecule is O=C(Nc1ccc(-c2cc3c(cc2Cl)CC(F)(F)C3)cn1)c1c(F)cccc1F. The molecule has 0 radical (unpaired) electrons. The van der Waals surface area contributed by atoms with Crippen LogP contribution in [0, 0.1) is 11.6 Å². The van der Waals surface area contributed by atoms with Gasteiger partial charge in [0.15, 0.2) is 0 Å². The van der Waals surface area contributed by atoms with Gasteiger partial charge in [-0.2, -0.15) is 0 Å².